The van der Waals surface area contributed by atoms with Gasteiger partial charge in [-0.1, -0.05) is 134 Å². The van der Waals surface area contributed by atoms with Crippen LogP contribution in [0.15, 0.2) is 36.5 Å². The van der Waals surface area contributed by atoms with Crippen molar-refractivity contribution in [2.45, 2.75) is 211 Å². The van der Waals surface area contributed by atoms with E-state index >= 15 is 0 Å². The third-order valence-electron chi connectivity index (χ3n) is 9.71. The average molecular weight is 781 g/mol. The summed E-state index contributed by atoms with van der Waals surface area (Å²) in [5.74, 6) is -2.47. The molecule has 6 unspecified atom stereocenters. The van der Waals surface area contributed by atoms with E-state index in [1.807, 2.05) is 0 Å². The van der Waals surface area contributed by atoms with Gasteiger partial charge >= 0.3 is 17.9 Å². The van der Waals surface area contributed by atoms with Crippen LogP contribution in [0.1, 0.15) is 174 Å². The molecule has 0 aromatic heterocycles. The van der Waals surface area contributed by atoms with E-state index in [0.29, 0.717) is 12.8 Å². The Morgan fingerprint density at radius 1 is 0.564 bits per heavy atom. The lowest BCUT2D eigenvalue weighted by Gasteiger charge is -2.38. The number of carboxylic acids is 1. The molecule has 1 saturated heterocycles. The fraction of sp³-hybridized carbons (Fsp3) is 0.795. The predicted molar refractivity (Wildman–Crippen MR) is 215 cm³/mol. The number of aliphatic hydroxyl groups excluding tert-OH is 3. The van der Waals surface area contributed by atoms with Crippen LogP contribution in [-0.2, 0) is 33.3 Å². The molecular weight excluding hydrogens is 704 g/mol. The number of carbonyl (C=O) groups excluding carboxylic acids is 2. The largest absolute Gasteiger partial charge is 0.479 e. The maximum atomic E-state index is 12.7. The summed E-state index contributed by atoms with van der Waals surface area (Å²) in [6.45, 7) is 3.73. The quantitative estimate of drug-likeness (QED) is 0.0275. The molecule has 1 fully saturated rings. The summed E-state index contributed by atoms with van der Waals surface area (Å²) in [7, 11) is 0. The molecule has 0 aromatic rings. The topological polar surface area (TPSA) is 169 Å². The van der Waals surface area contributed by atoms with Gasteiger partial charge in [-0.2, -0.15) is 0 Å². The third-order valence-corrected chi connectivity index (χ3v) is 9.71. The Kier molecular flexibility index (Phi) is 31.8. The zero-order valence-electron chi connectivity index (χ0n) is 34.2. The molecule has 4 N–H and O–H groups in total. The second-order valence-corrected chi connectivity index (χ2v) is 14.8. The summed E-state index contributed by atoms with van der Waals surface area (Å²) in [5, 5.41) is 39.7. The summed E-state index contributed by atoms with van der Waals surface area (Å²) in [6.07, 6.45) is 29.2. The van der Waals surface area contributed by atoms with Crippen LogP contribution in [0.3, 0.4) is 0 Å². The number of ether oxygens (including phenoxy) is 4. The number of allylic oxidation sites excluding steroid dienone is 6. The van der Waals surface area contributed by atoms with Gasteiger partial charge in [-0.3, -0.25) is 9.59 Å². The average Bonchev–Trinajstić information content (AvgIpc) is 3.17. The zero-order chi connectivity index (χ0) is 40.4. The second kappa shape index (κ2) is 34.7. The molecule has 0 amide bonds. The number of rotatable bonds is 35. The third kappa shape index (κ3) is 26.8. The molecule has 1 aliphatic heterocycles. The fourth-order valence-corrected chi connectivity index (χ4v) is 6.24. The summed E-state index contributed by atoms with van der Waals surface area (Å²) in [4.78, 5) is 36.7. The Morgan fingerprint density at radius 3 is 1.58 bits per heavy atom. The maximum absolute atomic E-state index is 12.7. The molecule has 11 heteroatoms. The van der Waals surface area contributed by atoms with Gasteiger partial charge in [0.2, 0.25) is 0 Å². The van der Waals surface area contributed by atoms with E-state index in [1.165, 1.54) is 64.2 Å². The molecule has 0 bridgehead atoms. The van der Waals surface area contributed by atoms with Crippen LogP contribution in [0.5, 0.6) is 0 Å². The molecular formula is C44H76O11. The lowest BCUT2D eigenvalue weighted by molar-refractivity contribution is -0.298. The lowest BCUT2D eigenvalue weighted by Crippen LogP contribution is -2.60. The SMILES string of the molecule is CCCC/C=C\CCCCCCCC(=O)OC(COC(=O)CCCCCCCCC/C=C\C/C=C\CCCCCC)COC1OC(C(=O)O)C(O)C(O)C1O. The van der Waals surface area contributed by atoms with Gasteiger partial charge in [0.05, 0.1) is 6.61 Å². The van der Waals surface area contributed by atoms with Gasteiger partial charge in [-0.05, 0) is 64.2 Å². The number of esters is 2. The molecule has 1 aliphatic rings. The minimum atomic E-state index is -1.86. The van der Waals surface area contributed by atoms with Gasteiger partial charge in [0.25, 0.3) is 0 Å². The van der Waals surface area contributed by atoms with Crippen LogP contribution in [0.25, 0.3) is 0 Å². The van der Waals surface area contributed by atoms with Crippen molar-refractivity contribution in [2.75, 3.05) is 13.2 Å². The number of carbonyl (C=O) groups is 3. The van der Waals surface area contributed by atoms with Gasteiger partial charge in [0.15, 0.2) is 18.5 Å². The highest BCUT2D eigenvalue weighted by molar-refractivity contribution is 5.73. The molecule has 11 nitrogen and oxygen atoms in total. The Hall–Kier alpha value is -2.57. The Balaban J connectivity index is 2.37. The lowest BCUT2D eigenvalue weighted by atomic mass is 9.99. The van der Waals surface area contributed by atoms with E-state index < -0.39 is 61.3 Å². The van der Waals surface area contributed by atoms with E-state index in [-0.39, 0.29) is 19.4 Å². The first-order valence-corrected chi connectivity index (χ1v) is 21.5. The van der Waals surface area contributed by atoms with Crippen molar-refractivity contribution in [3.05, 3.63) is 36.5 Å². The van der Waals surface area contributed by atoms with Gasteiger partial charge < -0.3 is 39.4 Å². The number of aliphatic hydroxyl groups is 3. The predicted octanol–water partition coefficient (Wildman–Crippen LogP) is 8.81. The number of hydrogen-bond acceptors (Lipinski definition) is 10. The van der Waals surface area contributed by atoms with Crippen LogP contribution >= 0.6 is 0 Å². The normalized spacial score (nSPS) is 20.8. The van der Waals surface area contributed by atoms with Crippen LogP contribution < -0.4 is 0 Å². The van der Waals surface area contributed by atoms with Crippen LogP contribution in [0.4, 0.5) is 0 Å². The Labute approximate surface area is 331 Å². The van der Waals surface area contributed by atoms with Crippen LogP contribution in [0.2, 0.25) is 0 Å². The first kappa shape index (κ1) is 50.4. The molecule has 318 valence electrons. The number of aliphatic carboxylic acids is 1. The monoisotopic (exact) mass is 781 g/mol. The van der Waals surface area contributed by atoms with E-state index in [1.54, 1.807) is 0 Å². The van der Waals surface area contributed by atoms with Crippen molar-refractivity contribution in [1.82, 2.24) is 0 Å². The highest BCUT2D eigenvalue weighted by Crippen LogP contribution is 2.23. The summed E-state index contributed by atoms with van der Waals surface area (Å²) in [6, 6.07) is 0. The molecule has 1 rings (SSSR count). The molecule has 0 radical (unpaired) electrons. The Morgan fingerprint density at radius 2 is 1.04 bits per heavy atom. The minimum Gasteiger partial charge on any atom is -0.479 e. The smallest absolute Gasteiger partial charge is 0.335 e. The molecule has 0 aliphatic carbocycles. The number of carboxylic acid groups (broad SMARTS) is 1. The highest BCUT2D eigenvalue weighted by Gasteiger charge is 2.47. The molecule has 1 heterocycles. The summed E-state index contributed by atoms with van der Waals surface area (Å²) < 4.78 is 21.7. The zero-order valence-corrected chi connectivity index (χ0v) is 34.2. The first-order valence-electron chi connectivity index (χ1n) is 21.5. The summed E-state index contributed by atoms with van der Waals surface area (Å²) >= 11 is 0. The van der Waals surface area contributed by atoms with Crippen molar-refractivity contribution in [3.63, 3.8) is 0 Å². The summed E-state index contributed by atoms with van der Waals surface area (Å²) in [5.41, 5.74) is 0. The molecule has 0 aromatic carbocycles. The molecule has 0 saturated carbocycles. The van der Waals surface area contributed by atoms with Crippen molar-refractivity contribution >= 4 is 17.9 Å². The van der Waals surface area contributed by atoms with E-state index in [9.17, 15) is 34.8 Å². The van der Waals surface area contributed by atoms with Crippen molar-refractivity contribution in [1.29, 1.82) is 0 Å². The van der Waals surface area contributed by atoms with Crippen molar-refractivity contribution in [3.8, 4) is 0 Å². The maximum Gasteiger partial charge on any atom is 0.335 e. The molecule has 0 spiro atoms. The van der Waals surface area contributed by atoms with Crippen molar-refractivity contribution in [2.24, 2.45) is 0 Å². The van der Waals surface area contributed by atoms with E-state index in [0.717, 1.165) is 70.6 Å². The van der Waals surface area contributed by atoms with Crippen LogP contribution in [0, 0.1) is 0 Å². The Bertz CT molecular complexity index is 1060. The van der Waals surface area contributed by atoms with Gasteiger partial charge in [0, 0.05) is 12.8 Å². The molecule has 55 heavy (non-hydrogen) atoms. The second-order valence-electron chi connectivity index (χ2n) is 14.8. The minimum absolute atomic E-state index is 0.170. The number of unbranched alkanes of at least 4 members (excludes halogenated alkanes) is 18. The van der Waals surface area contributed by atoms with Gasteiger partial charge in [-0.25, -0.2) is 4.79 Å². The van der Waals surface area contributed by atoms with Gasteiger partial charge in [-0.15, -0.1) is 0 Å². The standard InChI is InChI=1S/C44H76O11/c1-3-5-7-9-11-13-15-16-17-18-19-20-21-23-24-26-28-30-32-37(45)52-34-36(35-53-44-41(49)39(47)40(48)42(55-44)43(50)51)54-38(46)33-31-29-27-25-22-14-12-10-8-6-4-2/h10,12-13,15,17-18,36,39-42,44,47-49H,3-9,11,14,16,19-35H2,1-2H3,(H,50,51)/b12-10-,15-13-,18-17-. The van der Waals surface area contributed by atoms with E-state index in [4.69, 9.17) is 18.9 Å². The first-order chi connectivity index (χ1) is 26.7. The van der Waals surface area contributed by atoms with Crippen molar-refractivity contribution < 1.29 is 53.8 Å². The fourth-order valence-electron chi connectivity index (χ4n) is 6.24. The van der Waals surface area contributed by atoms with Gasteiger partial charge in [0.1, 0.15) is 24.9 Å². The highest BCUT2D eigenvalue weighted by atomic mass is 16.7. The van der Waals surface area contributed by atoms with E-state index in [2.05, 4.69) is 50.3 Å². The molecule has 6 atom stereocenters. The van der Waals surface area contributed by atoms with Crippen LogP contribution in [-0.4, -0.2) is 88.4 Å². The number of hydrogen-bond donors (Lipinski definition) is 4.